The lowest BCUT2D eigenvalue weighted by molar-refractivity contribution is -0.137. The molecule has 1 aromatic heterocycles. The number of ether oxygens (including phenoxy) is 1. The Morgan fingerprint density at radius 2 is 1.68 bits per heavy atom. The van der Waals surface area contributed by atoms with Crippen LogP contribution < -0.4 is 9.64 Å². The number of hydrogen-bond acceptors (Lipinski definition) is 4. The summed E-state index contributed by atoms with van der Waals surface area (Å²) in [6.45, 7) is 3.01. The fraction of sp³-hybridized carbons (Fsp3) is 0.194. The zero-order valence-corrected chi connectivity index (χ0v) is 20.9. The van der Waals surface area contributed by atoms with Gasteiger partial charge < -0.3 is 14.1 Å². The molecule has 3 aromatic carbocycles. The number of anilines is 1. The highest BCUT2D eigenvalue weighted by molar-refractivity contribution is 5.55. The second-order valence-corrected chi connectivity index (χ2v) is 9.11. The molecule has 0 N–H and O–H groups in total. The molecule has 0 saturated carbocycles. The molecule has 0 unspecified atom stereocenters. The Morgan fingerprint density at radius 1 is 0.947 bits per heavy atom. The Hall–Kier alpha value is -4.26. The predicted molar refractivity (Wildman–Crippen MR) is 142 cm³/mol. The van der Waals surface area contributed by atoms with Crippen molar-refractivity contribution >= 4 is 5.69 Å². The summed E-state index contributed by atoms with van der Waals surface area (Å²) in [5, 5.41) is 0. The quantitative estimate of drug-likeness (QED) is 0.240. The summed E-state index contributed by atoms with van der Waals surface area (Å²) in [6, 6.07) is 23.0. The van der Waals surface area contributed by atoms with E-state index in [2.05, 4.69) is 11.1 Å². The third kappa shape index (κ3) is 6.17. The van der Waals surface area contributed by atoms with Gasteiger partial charge in [-0.1, -0.05) is 42.5 Å². The lowest BCUT2D eigenvalue weighted by Crippen LogP contribution is -2.20. The molecule has 194 valence electrons. The minimum Gasteiger partial charge on any atom is -0.493 e. The molecule has 0 saturated heterocycles. The van der Waals surface area contributed by atoms with Crippen LogP contribution in [0.1, 0.15) is 22.6 Å². The van der Waals surface area contributed by atoms with Gasteiger partial charge >= 0.3 is 6.18 Å². The zero-order valence-electron chi connectivity index (χ0n) is 20.9. The Morgan fingerprint density at radius 3 is 2.39 bits per heavy atom. The first-order chi connectivity index (χ1) is 18.3. The van der Waals surface area contributed by atoms with Gasteiger partial charge in [-0.2, -0.15) is 13.2 Å². The lowest BCUT2D eigenvalue weighted by atomic mass is 10.0. The summed E-state index contributed by atoms with van der Waals surface area (Å²) in [7, 11) is 0. The molecular formula is C31H27F3N2O2. The van der Waals surface area contributed by atoms with Gasteiger partial charge in [-0.25, -0.2) is 4.98 Å². The van der Waals surface area contributed by atoms with Crippen LogP contribution >= 0.6 is 0 Å². The topological polar surface area (TPSA) is 38.5 Å². The smallest absolute Gasteiger partial charge is 0.416 e. The molecule has 4 nitrogen and oxygen atoms in total. The third-order valence-electron chi connectivity index (χ3n) is 6.33. The highest BCUT2D eigenvalue weighted by Gasteiger charge is 2.30. The highest BCUT2D eigenvalue weighted by atomic mass is 19.4. The molecule has 2 heterocycles. The number of alkyl halides is 3. The fourth-order valence-electron chi connectivity index (χ4n) is 4.31. The number of halogens is 3. The van der Waals surface area contributed by atoms with Crippen molar-refractivity contribution in [3.05, 3.63) is 125 Å². The van der Waals surface area contributed by atoms with E-state index in [-0.39, 0.29) is 0 Å². The Bertz CT molecular complexity index is 1420. The third-order valence-corrected chi connectivity index (χ3v) is 6.33. The summed E-state index contributed by atoms with van der Waals surface area (Å²) in [4.78, 5) is 6.57. The summed E-state index contributed by atoms with van der Waals surface area (Å²) in [5.74, 6) is 2.19. The van der Waals surface area contributed by atoms with Crippen molar-refractivity contribution < 1.29 is 22.3 Å². The van der Waals surface area contributed by atoms with Crippen LogP contribution in [0.4, 0.5) is 18.9 Å². The lowest BCUT2D eigenvalue weighted by Gasteiger charge is -2.24. The van der Waals surface area contributed by atoms with E-state index >= 15 is 0 Å². The summed E-state index contributed by atoms with van der Waals surface area (Å²) in [6.07, 6.45) is 3.05. The van der Waals surface area contributed by atoms with Crippen molar-refractivity contribution in [3.8, 4) is 17.2 Å². The van der Waals surface area contributed by atoms with Crippen LogP contribution in [-0.4, -0.2) is 18.1 Å². The highest BCUT2D eigenvalue weighted by Crippen LogP contribution is 2.31. The van der Waals surface area contributed by atoms with Gasteiger partial charge in [0, 0.05) is 30.4 Å². The van der Waals surface area contributed by atoms with Gasteiger partial charge in [-0.15, -0.1) is 0 Å². The maximum absolute atomic E-state index is 12.9. The first-order valence-corrected chi connectivity index (χ1v) is 12.4. The molecule has 0 spiro atoms. The largest absolute Gasteiger partial charge is 0.493 e. The number of benzene rings is 3. The zero-order chi connectivity index (χ0) is 26.5. The Labute approximate surface area is 219 Å². The van der Waals surface area contributed by atoms with E-state index in [4.69, 9.17) is 9.15 Å². The van der Waals surface area contributed by atoms with Crippen molar-refractivity contribution in [2.24, 2.45) is 0 Å². The van der Waals surface area contributed by atoms with Crippen LogP contribution in [0.3, 0.4) is 0 Å². The number of allylic oxidation sites excluding steroid dienone is 2. The first-order valence-electron chi connectivity index (χ1n) is 12.4. The number of aryl methyl sites for hydroxylation is 1. The van der Waals surface area contributed by atoms with E-state index in [0.717, 1.165) is 51.7 Å². The molecule has 38 heavy (non-hydrogen) atoms. The molecule has 0 atom stereocenters. The molecule has 5 rings (SSSR count). The molecule has 7 heteroatoms. The molecule has 4 aromatic rings. The average molecular weight is 517 g/mol. The van der Waals surface area contributed by atoms with Gasteiger partial charge in [0.05, 0.1) is 17.9 Å². The summed E-state index contributed by atoms with van der Waals surface area (Å²) in [5.41, 5.74) is 4.09. The first kappa shape index (κ1) is 25.4. The van der Waals surface area contributed by atoms with E-state index in [0.29, 0.717) is 31.9 Å². The van der Waals surface area contributed by atoms with E-state index in [1.54, 1.807) is 0 Å². The fourth-order valence-corrected chi connectivity index (χ4v) is 4.31. The molecule has 0 fully saturated rings. The molecule has 1 aliphatic heterocycles. The number of aromatic nitrogens is 1. The van der Waals surface area contributed by atoms with Crippen LogP contribution in [0.2, 0.25) is 0 Å². The maximum Gasteiger partial charge on any atom is 0.416 e. The van der Waals surface area contributed by atoms with Crippen LogP contribution in [0, 0.1) is 6.92 Å². The minimum atomic E-state index is -4.34. The van der Waals surface area contributed by atoms with Crippen molar-refractivity contribution in [2.45, 2.75) is 25.9 Å². The normalized spacial score (nSPS) is 13.5. The van der Waals surface area contributed by atoms with Gasteiger partial charge in [-0.05, 0) is 73.0 Å². The molecule has 0 aliphatic carbocycles. The molecule has 0 radical (unpaired) electrons. The van der Waals surface area contributed by atoms with Crippen LogP contribution in [-0.2, 0) is 19.0 Å². The van der Waals surface area contributed by atoms with Crippen LogP contribution in [0.15, 0.2) is 107 Å². The number of nitrogens with zero attached hydrogens (tertiary/aromatic N) is 2. The van der Waals surface area contributed by atoms with Gasteiger partial charge in [0.25, 0.3) is 0 Å². The van der Waals surface area contributed by atoms with Crippen molar-refractivity contribution in [2.75, 3.05) is 18.1 Å². The monoisotopic (exact) mass is 516 g/mol. The van der Waals surface area contributed by atoms with Crippen LogP contribution in [0.25, 0.3) is 11.5 Å². The SMILES string of the molecule is Cc1oc(-c2ccccc2)nc1CCOc1ccc(CC2=CN(c3ccc(C(F)(F)F)cc3)CC=C2)cc1. The second-order valence-electron chi connectivity index (χ2n) is 9.11. The van der Waals surface area contributed by atoms with E-state index < -0.39 is 11.7 Å². The van der Waals surface area contributed by atoms with E-state index in [1.165, 1.54) is 12.1 Å². The average Bonchev–Trinajstić information content (AvgIpc) is 3.30. The van der Waals surface area contributed by atoms with Gasteiger partial charge in [0.15, 0.2) is 0 Å². The van der Waals surface area contributed by atoms with Crippen molar-refractivity contribution in [3.63, 3.8) is 0 Å². The maximum atomic E-state index is 12.9. The predicted octanol–water partition coefficient (Wildman–Crippen LogP) is 7.79. The number of oxazole rings is 1. The van der Waals surface area contributed by atoms with E-state index in [1.807, 2.05) is 78.7 Å². The van der Waals surface area contributed by atoms with E-state index in [9.17, 15) is 13.2 Å². The Balaban J connectivity index is 1.15. The molecule has 0 amide bonds. The van der Waals surface area contributed by atoms with Crippen molar-refractivity contribution in [1.82, 2.24) is 4.98 Å². The van der Waals surface area contributed by atoms with Gasteiger partial charge in [0.2, 0.25) is 5.89 Å². The number of hydrogen-bond donors (Lipinski definition) is 0. The molecule has 1 aliphatic rings. The standard InChI is InChI=1S/C31H27F3N2O2/c1-22-29(35-30(38-22)25-7-3-2-4-8-25)17-19-37-28-15-9-23(10-16-28)20-24-6-5-18-36(21-24)27-13-11-26(12-14-27)31(32,33)34/h2-16,21H,17-20H2,1H3. The second kappa shape index (κ2) is 11.0. The number of rotatable bonds is 8. The minimum absolute atomic E-state index is 0.483. The van der Waals surface area contributed by atoms with Crippen molar-refractivity contribution in [1.29, 1.82) is 0 Å². The molecular weight excluding hydrogens is 489 g/mol. The summed E-state index contributed by atoms with van der Waals surface area (Å²) < 4.78 is 50.3. The molecule has 0 bridgehead atoms. The Kier molecular flexibility index (Phi) is 7.36. The van der Waals surface area contributed by atoms with Crippen LogP contribution in [0.5, 0.6) is 5.75 Å². The van der Waals surface area contributed by atoms with Gasteiger partial charge in [0.1, 0.15) is 11.5 Å². The summed E-state index contributed by atoms with van der Waals surface area (Å²) >= 11 is 0. The van der Waals surface area contributed by atoms with Gasteiger partial charge in [-0.3, -0.25) is 0 Å².